The minimum Gasteiger partial charge on any atom is -0.338 e. The lowest BCUT2D eigenvalue weighted by Gasteiger charge is -2.21. The molecule has 0 bridgehead atoms. The van der Waals surface area contributed by atoms with Gasteiger partial charge < -0.3 is 10.2 Å². The summed E-state index contributed by atoms with van der Waals surface area (Å²) in [5, 5.41) is 4.24. The van der Waals surface area contributed by atoms with Gasteiger partial charge in [0, 0.05) is 17.3 Å². The van der Waals surface area contributed by atoms with Gasteiger partial charge in [-0.05, 0) is 29.9 Å². The average molecular weight is 315 g/mol. The fourth-order valence-corrected chi connectivity index (χ4v) is 3.27. The lowest BCUT2D eigenvalue weighted by molar-refractivity contribution is -0.647. The highest BCUT2D eigenvalue weighted by Gasteiger charge is 2.24. The molecule has 0 spiro atoms. The third kappa shape index (κ3) is 4.68. The van der Waals surface area contributed by atoms with Gasteiger partial charge in [-0.25, -0.2) is 0 Å². The Morgan fingerprint density at radius 1 is 1.14 bits per heavy atom. The summed E-state index contributed by atoms with van der Waals surface area (Å²) in [5.41, 5.74) is 1.19. The predicted octanol–water partition coefficient (Wildman–Crippen LogP) is 2.25. The fraction of sp³-hybridized carbons (Fsp3) is 0.389. The summed E-state index contributed by atoms with van der Waals surface area (Å²) in [6.07, 6.45) is 2.68. The molecule has 1 heterocycles. The van der Waals surface area contributed by atoms with E-state index in [1.54, 1.807) is 11.3 Å². The summed E-state index contributed by atoms with van der Waals surface area (Å²) in [5.74, 6) is 1.09. The van der Waals surface area contributed by atoms with E-state index in [1.807, 2.05) is 29.2 Å². The molecule has 0 unspecified atom stereocenters. The van der Waals surface area contributed by atoms with E-state index in [0.717, 1.165) is 12.5 Å². The molecule has 2 N–H and O–H groups in total. The molecular weight excluding hydrogens is 292 g/mol. The number of hydrogen-bond donors (Lipinski definition) is 1. The van der Waals surface area contributed by atoms with Crippen molar-refractivity contribution in [3.63, 3.8) is 0 Å². The third-order valence-corrected chi connectivity index (χ3v) is 4.87. The van der Waals surface area contributed by atoms with Crippen LogP contribution in [-0.4, -0.2) is 23.9 Å². The monoisotopic (exact) mass is 315 g/mol. The normalized spacial score (nSPS) is 14.0. The molecule has 3 nitrogen and oxygen atoms in total. The molecule has 0 aliphatic heterocycles. The van der Waals surface area contributed by atoms with Gasteiger partial charge in [0.15, 0.2) is 6.54 Å². The molecule has 4 heteroatoms. The van der Waals surface area contributed by atoms with Crippen LogP contribution in [-0.2, 0) is 17.9 Å². The Kier molecular flexibility index (Phi) is 5.24. The van der Waals surface area contributed by atoms with Gasteiger partial charge in [0.2, 0.25) is 0 Å². The Hall–Kier alpha value is -1.65. The SMILES string of the molecule is O=C(C[NH2+]CC1CC1)N(Cc1ccccc1)Cc1cccs1. The van der Waals surface area contributed by atoms with Gasteiger partial charge in [-0.3, -0.25) is 4.79 Å². The number of nitrogens with zero attached hydrogens (tertiary/aromatic N) is 1. The smallest absolute Gasteiger partial charge is 0.278 e. The summed E-state index contributed by atoms with van der Waals surface area (Å²) >= 11 is 1.71. The van der Waals surface area contributed by atoms with Crippen LogP contribution in [0.4, 0.5) is 0 Å². The summed E-state index contributed by atoms with van der Waals surface area (Å²) < 4.78 is 0. The largest absolute Gasteiger partial charge is 0.338 e. The van der Waals surface area contributed by atoms with Crippen LogP contribution >= 0.6 is 11.3 Å². The first-order chi connectivity index (χ1) is 10.8. The van der Waals surface area contributed by atoms with E-state index in [-0.39, 0.29) is 5.91 Å². The Morgan fingerprint density at radius 2 is 1.95 bits per heavy atom. The first-order valence-electron chi connectivity index (χ1n) is 7.97. The maximum atomic E-state index is 12.6. The van der Waals surface area contributed by atoms with Crippen molar-refractivity contribution in [1.82, 2.24) is 4.90 Å². The molecule has 0 radical (unpaired) electrons. The maximum absolute atomic E-state index is 12.6. The molecule has 1 amide bonds. The van der Waals surface area contributed by atoms with E-state index in [9.17, 15) is 4.79 Å². The molecule has 116 valence electrons. The lowest BCUT2D eigenvalue weighted by Crippen LogP contribution is -2.87. The molecule has 1 saturated carbocycles. The zero-order valence-corrected chi connectivity index (χ0v) is 13.6. The first-order valence-corrected chi connectivity index (χ1v) is 8.85. The van der Waals surface area contributed by atoms with Crippen LogP contribution in [0.15, 0.2) is 47.8 Å². The van der Waals surface area contributed by atoms with E-state index in [1.165, 1.54) is 23.3 Å². The number of thiophene rings is 1. The number of carbonyl (C=O) groups excluding carboxylic acids is 1. The topological polar surface area (TPSA) is 36.9 Å². The van der Waals surface area contributed by atoms with Crippen LogP contribution in [0.3, 0.4) is 0 Å². The molecule has 1 aliphatic rings. The quantitative estimate of drug-likeness (QED) is 0.797. The fourth-order valence-electron chi connectivity index (χ4n) is 2.55. The molecule has 22 heavy (non-hydrogen) atoms. The van der Waals surface area contributed by atoms with Gasteiger partial charge in [0.05, 0.1) is 13.1 Å². The molecule has 1 aliphatic carbocycles. The molecule has 1 aromatic heterocycles. The molecule has 1 aromatic carbocycles. The van der Waals surface area contributed by atoms with E-state index in [4.69, 9.17) is 0 Å². The molecular formula is C18H23N2OS+. The highest BCUT2D eigenvalue weighted by molar-refractivity contribution is 7.09. The number of quaternary nitrogens is 1. The van der Waals surface area contributed by atoms with Crippen molar-refractivity contribution >= 4 is 17.2 Å². The number of rotatable bonds is 8. The molecule has 3 rings (SSSR count). The van der Waals surface area contributed by atoms with Crippen LogP contribution < -0.4 is 5.32 Å². The minimum absolute atomic E-state index is 0.234. The van der Waals surface area contributed by atoms with Gasteiger partial charge in [-0.2, -0.15) is 0 Å². The summed E-state index contributed by atoms with van der Waals surface area (Å²) in [6.45, 7) is 3.07. The third-order valence-electron chi connectivity index (χ3n) is 4.01. The standard InChI is InChI=1S/C18H22N2OS/c21-18(12-19-11-15-8-9-15)20(14-17-7-4-10-22-17)13-16-5-2-1-3-6-16/h1-7,10,15,19H,8-9,11-14H2/p+1. The summed E-state index contributed by atoms with van der Waals surface area (Å²) in [4.78, 5) is 15.8. The summed E-state index contributed by atoms with van der Waals surface area (Å²) in [7, 11) is 0. The second kappa shape index (κ2) is 7.56. The van der Waals surface area contributed by atoms with Crippen LogP contribution in [0.2, 0.25) is 0 Å². The lowest BCUT2D eigenvalue weighted by atomic mass is 10.2. The van der Waals surface area contributed by atoms with Crippen molar-refractivity contribution in [2.75, 3.05) is 13.1 Å². The predicted molar refractivity (Wildman–Crippen MR) is 89.4 cm³/mol. The Balaban J connectivity index is 1.60. The van der Waals surface area contributed by atoms with E-state index >= 15 is 0 Å². The zero-order valence-electron chi connectivity index (χ0n) is 12.8. The maximum Gasteiger partial charge on any atom is 0.278 e. The number of benzene rings is 1. The van der Waals surface area contributed by atoms with Crippen molar-refractivity contribution in [2.45, 2.75) is 25.9 Å². The van der Waals surface area contributed by atoms with Gasteiger partial charge in [-0.1, -0.05) is 36.4 Å². The van der Waals surface area contributed by atoms with Crippen molar-refractivity contribution < 1.29 is 10.1 Å². The van der Waals surface area contributed by atoms with Gasteiger partial charge in [0.25, 0.3) is 5.91 Å². The highest BCUT2D eigenvalue weighted by Crippen LogP contribution is 2.26. The van der Waals surface area contributed by atoms with E-state index in [0.29, 0.717) is 19.6 Å². The number of amides is 1. The first kappa shape index (κ1) is 15.3. The van der Waals surface area contributed by atoms with Crippen molar-refractivity contribution in [3.8, 4) is 0 Å². The number of nitrogens with two attached hydrogens (primary N) is 1. The minimum atomic E-state index is 0.234. The van der Waals surface area contributed by atoms with Crippen LogP contribution in [0.1, 0.15) is 23.3 Å². The Morgan fingerprint density at radius 3 is 2.64 bits per heavy atom. The van der Waals surface area contributed by atoms with Gasteiger partial charge in [0.1, 0.15) is 0 Å². The Labute approximate surface area is 136 Å². The zero-order chi connectivity index (χ0) is 15.2. The van der Waals surface area contributed by atoms with E-state index < -0.39 is 0 Å². The van der Waals surface area contributed by atoms with Crippen molar-refractivity contribution in [3.05, 3.63) is 58.3 Å². The molecule has 1 fully saturated rings. The van der Waals surface area contributed by atoms with Gasteiger partial charge >= 0.3 is 0 Å². The Bertz CT molecular complexity index is 578. The van der Waals surface area contributed by atoms with Gasteiger partial charge in [-0.15, -0.1) is 11.3 Å². The average Bonchev–Trinajstić information content (AvgIpc) is 3.22. The molecule has 2 aromatic rings. The molecule has 0 saturated heterocycles. The number of carbonyl (C=O) groups is 1. The van der Waals surface area contributed by atoms with Crippen LogP contribution in [0.5, 0.6) is 0 Å². The van der Waals surface area contributed by atoms with Crippen molar-refractivity contribution in [2.24, 2.45) is 5.92 Å². The van der Waals surface area contributed by atoms with Crippen LogP contribution in [0, 0.1) is 5.92 Å². The van der Waals surface area contributed by atoms with E-state index in [2.05, 4.69) is 28.9 Å². The highest BCUT2D eigenvalue weighted by atomic mass is 32.1. The second-order valence-electron chi connectivity index (χ2n) is 5.99. The van der Waals surface area contributed by atoms with Crippen molar-refractivity contribution in [1.29, 1.82) is 0 Å². The second-order valence-corrected chi connectivity index (χ2v) is 7.02. The van der Waals surface area contributed by atoms with Crippen LogP contribution in [0.25, 0.3) is 0 Å². The number of hydrogen-bond acceptors (Lipinski definition) is 2. The molecule has 0 atom stereocenters. The summed E-state index contributed by atoms with van der Waals surface area (Å²) in [6, 6.07) is 14.4.